The highest BCUT2D eigenvalue weighted by Crippen LogP contribution is 2.21. The maximum absolute atomic E-state index is 11.7. The molecule has 2 aromatic carbocycles. The van der Waals surface area contributed by atoms with Gasteiger partial charge in [0, 0.05) is 23.7 Å². The quantitative estimate of drug-likeness (QED) is 0.793. The van der Waals surface area contributed by atoms with E-state index in [1.54, 1.807) is 24.3 Å². The van der Waals surface area contributed by atoms with Crippen molar-refractivity contribution in [2.24, 2.45) is 0 Å². The number of nitrogens with one attached hydrogen (secondary N) is 2. The van der Waals surface area contributed by atoms with Gasteiger partial charge in [0.15, 0.2) is 0 Å². The Morgan fingerprint density at radius 3 is 2.50 bits per heavy atom. The Morgan fingerprint density at radius 1 is 1.14 bits per heavy atom. The lowest BCUT2D eigenvalue weighted by Gasteiger charge is -2.14. The van der Waals surface area contributed by atoms with E-state index >= 15 is 0 Å². The molecule has 2 amide bonds. The zero-order valence-electron chi connectivity index (χ0n) is 12.3. The van der Waals surface area contributed by atoms with E-state index in [-0.39, 0.29) is 12.6 Å². The summed E-state index contributed by atoms with van der Waals surface area (Å²) in [4.78, 5) is 11.7. The molecule has 2 aromatic rings. The SMILES string of the molecule is Cc1ccc(CNC(=O)NCC(O)c2ccccc2Cl)cc1. The highest BCUT2D eigenvalue weighted by Gasteiger charge is 2.12. The second-order valence-electron chi connectivity index (χ2n) is 5.09. The van der Waals surface area contributed by atoms with Crippen molar-refractivity contribution < 1.29 is 9.90 Å². The molecule has 0 heterocycles. The number of benzene rings is 2. The standard InChI is InChI=1S/C17H19ClN2O2/c1-12-6-8-13(9-7-12)10-19-17(22)20-11-16(21)14-4-2-3-5-15(14)18/h2-9,16,21H,10-11H2,1H3,(H2,19,20,22). The van der Waals surface area contributed by atoms with E-state index < -0.39 is 6.10 Å². The van der Waals surface area contributed by atoms with E-state index in [1.807, 2.05) is 31.2 Å². The first kappa shape index (κ1) is 16.3. The smallest absolute Gasteiger partial charge is 0.315 e. The number of aryl methyl sites for hydroxylation is 1. The Balaban J connectivity index is 1.78. The third kappa shape index (κ3) is 4.76. The van der Waals surface area contributed by atoms with Crippen LogP contribution in [0.4, 0.5) is 4.79 Å². The van der Waals surface area contributed by atoms with Crippen LogP contribution in [0.5, 0.6) is 0 Å². The number of halogens is 1. The Labute approximate surface area is 135 Å². The van der Waals surface area contributed by atoms with Crippen molar-refractivity contribution in [1.29, 1.82) is 0 Å². The summed E-state index contributed by atoms with van der Waals surface area (Å²) in [7, 11) is 0. The van der Waals surface area contributed by atoms with Gasteiger partial charge in [0.2, 0.25) is 0 Å². The van der Waals surface area contributed by atoms with Crippen LogP contribution >= 0.6 is 11.6 Å². The second-order valence-corrected chi connectivity index (χ2v) is 5.49. The molecule has 2 rings (SSSR count). The van der Waals surface area contributed by atoms with Gasteiger partial charge in [-0.05, 0) is 18.6 Å². The van der Waals surface area contributed by atoms with Gasteiger partial charge in [-0.1, -0.05) is 59.6 Å². The van der Waals surface area contributed by atoms with Gasteiger partial charge in [0.25, 0.3) is 0 Å². The zero-order chi connectivity index (χ0) is 15.9. The number of aliphatic hydroxyl groups is 1. The fourth-order valence-electron chi connectivity index (χ4n) is 2.00. The summed E-state index contributed by atoms with van der Waals surface area (Å²) in [5, 5.41) is 15.9. The maximum atomic E-state index is 11.7. The molecule has 0 fully saturated rings. The highest BCUT2D eigenvalue weighted by atomic mass is 35.5. The minimum Gasteiger partial charge on any atom is -0.387 e. The molecule has 0 aliphatic rings. The third-order valence-corrected chi connectivity index (χ3v) is 3.64. The van der Waals surface area contributed by atoms with Gasteiger partial charge in [-0.3, -0.25) is 0 Å². The molecule has 0 saturated heterocycles. The molecule has 22 heavy (non-hydrogen) atoms. The van der Waals surface area contributed by atoms with Gasteiger partial charge in [0.05, 0.1) is 6.10 Å². The molecule has 0 aromatic heterocycles. The van der Waals surface area contributed by atoms with Crippen molar-refractivity contribution in [3.63, 3.8) is 0 Å². The van der Waals surface area contributed by atoms with Crippen LogP contribution in [-0.2, 0) is 6.54 Å². The number of rotatable bonds is 5. The Morgan fingerprint density at radius 2 is 1.82 bits per heavy atom. The molecular weight excluding hydrogens is 300 g/mol. The molecule has 0 aliphatic carbocycles. The highest BCUT2D eigenvalue weighted by molar-refractivity contribution is 6.31. The van der Waals surface area contributed by atoms with Crippen LogP contribution in [0.25, 0.3) is 0 Å². The van der Waals surface area contributed by atoms with Gasteiger partial charge in [-0.2, -0.15) is 0 Å². The van der Waals surface area contributed by atoms with Crippen molar-refractivity contribution >= 4 is 17.6 Å². The van der Waals surface area contributed by atoms with Crippen molar-refractivity contribution in [2.75, 3.05) is 6.54 Å². The topological polar surface area (TPSA) is 61.4 Å². The summed E-state index contributed by atoms with van der Waals surface area (Å²) in [6, 6.07) is 14.6. The molecule has 0 bridgehead atoms. The third-order valence-electron chi connectivity index (χ3n) is 3.29. The van der Waals surface area contributed by atoms with Gasteiger partial charge in [-0.15, -0.1) is 0 Å². The molecule has 3 N–H and O–H groups in total. The van der Waals surface area contributed by atoms with Gasteiger partial charge >= 0.3 is 6.03 Å². The average molecular weight is 319 g/mol. The number of carbonyl (C=O) groups excluding carboxylic acids is 1. The van der Waals surface area contributed by atoms with E-state index in [0.29, 0.717) is 17.1 Å². The molecule has 5 heteroatoms. The first-order valence-corrected chi connectivity index (χ1v) is 7.44. The van der Waals surface area contributed by atoms with E-state index in [1.165, 1.54) is 5.56 Å². The number of carbonyl (C=O) groups is 1. The largest absolute Gasteiger partial charge is 0.387 e. The number of amides is 2. The molecular formula is C17H19ClN2O2. The summed E-state index contributed by atoms with van der Waals surface area (Å²) in [6.45, 7) is 2.55. The minimum atomic E-state index is -0.834. The summed E-state index contributed by atoms with van der Waals surface area (Å²) in [6.07, 6.45) is -0.834. The lowest BCUT2D eigenvalue weighted by atomic mass is 10.1. The Kier molecular flexibility index (Phi) is 5.81. The van der Waals surface area contributed by atoms with E-state index in [2.05, 4.69) is 10.6 Å². The molecule has 0 aliphatic heterocycles. The number of hydrogen-bond acceptors (Lipinski definition) is 2. The second kappa shape index (κ2) is 7.82. The zero-order valence-corrected chi connectivity index (χ0v) is 13.1. The number of aliphatic hydroxyl groups excluding tert-OH is 1. The Bertz CT molecular complexity index is 629. The monoisotopic (exact) mass is 318 g/mol. The molecule has 4 nitrogen and oxygen atoms in total. The Hall–Kier alpha value is -2.04. The molecule has 1 unspecified atom stereocenters. The molecule has 0 radical (unpaired) electrons. The number of hydrogen-bond donors (Lipinski definition) is 3. The molecule has 116 valence electrons. The maximum Gasteiger partial charge on any atom is 0.315 e. The fraction of sp³-hybridized carbons (Fsp3) is 0.235. The lowest BCUT2D eigenvalue weighted by molar-refractivity contribution is 0.173. The first-order chi connectivity index (χ1) is 10.6. The van der Waals surface area contributed by atoms with Crippen molar-refractivity contribution in [3.8, 4) is 0 Å². The average Bonchev–Trinajstić information content (AvgIpc) is 2.52. The van der Waals surface area contributed by atoms with Crippen molar-refractivity contribution in [3.05, 3.63) is 70.2 Å². The summed E-state index contributed by atoms with van der Waals surface area (Å²) < 4.78 is 0. The van der Waals surface area contributed by atoms with Gasteiger partial charge < -0.3 is 15.7 Å². The van der Waals surface area contributed by atoms with Gasteiger partial charge in [0.1, 0.15) is 0 Å². The van der Waals surface area contributed by atoms with Crippen LogP contribution in [0.15, 0.2) is 48.5 Å². The van der Waals surface area contributed by atoms with Crippen molar-refractivity contribution in [1.82, 2.24) is 10.6 Å². The van der Waals surface area contributed by atoms with Crippen LogP contribution in [0.1, 0.15) is 22.8 Å². The number of urea groups is 1. The van der Waals surface area contributed by atoms with Crippen LogP contribution < -0.4 is 10.6 Å². The summed E-state index contributed by atoms with van der Waals surface area (Å²) in [5.41, 5.74) is 2.80. The van der Waals surface area contributed by atoms with Crippen LogP contribution in [-0.4, -0.2) is 17.7 Å². The normalized spacial score (nSPS) is 11.8. The van der Waals surface area contributed by atoms with E-state index in [9.17, 15) is 9.90 Å². The fourth-order valence-corrected chi connectivity index (χ4v) is 2.26. The summed E-state index contributed by atoms with van der Waals surface area (Å²) >= 11 is 6.00. The van der Waals surface area contributed by atoms with Crippen LogP contribution in [0, 0.1) is 6.92 Å². The summed E-state index contributed by atoms with van der Waals surface area (Å²) in [5.74, 6) is 0. The van der Waals surface area contributed by atoms with Crippen LogP contribution in [0.3, 0.4) is 0 Å². The first-order valence-electron chi connectivity index (χ1n) is 7.06. The van der Waals surface area contributed by atoms with Gasteiger partial charge in [-0.25, -0.2) is 4.79 Å². The lowest BCUT2D eigenvalue weighted by Crippen LogP contribution is -2.37. The molecule has 0 saturated carbocycles. The van der Waals surface area contributed by atoms with Crippen molar-refractivity contribution in [2.45, 2.75) is 19.6 Å². The predicted octanol–water partition coefficient (Wildman–Crippen LogP) is 3.18. The predicted molar refractivity (Wildman–Crippen MR) is 87.8 cm³/mol. The van der Waals surface area contributed by atoms with E-state index in [0.717, 1.165) is 5.56 Å². The molecule has 0 spiro atoms. The van der Waals surface area contributed by atoms with E-state index in [4.69, 9.17) is 11.6 Å². The molecule has 1 atom stereocenters. The minimum absolute atomic E-state index is 0.101. The van der Waals surface area contributed by atoms with Crippen LogP contribution in [0.2, 0.25) is 5.02 Å².